The molecule has 0 fully saturated rings. The first-order valence-electron chi connectivity index (χ1n) is 7.96. The SMILES string of the molecule is CCOC(=O)C1=C(c2ccccc2)Nc2ncnn2[C@H]1c1ccco1. The number of carbonyl (C=O) groups is 1. The molecule has 0 radical (unpaired) electrons. The van der Waals surface area contributed by atoms with Crippen molar-refractivity contribution in [2.45, 2.75) is 13.0 Å². The van der Waals surface area contributed by atoms with Gasteiger partial charge in [0.05, 0.1) is 24.1 Å². The van der Waals surface area contributed by atoms with Crippen LogP contribution in [0.5, 0.6) is 0 Å². The maximum Gasteiger partial charge on any atom is 0.338 e. The minimum atomic E-state index is -0.553. The quantitative estimate of drug-likeness (QED) is 0.738. The topological polar surface area (TPSA) is 82.2 Å². The normalized spacial score (nSPS) is 16.3. The van der Waals surface area contributed by atoms with Crippen LogP contribution in [0.3, 0.4) is 0 Å². The Labute approximate surface area is 143 Å². The molecule has 0 saturated carbocycles. The molecule has 0 unspecified atom stereocenters. The number of fused-ring (bicyclic) bond motifs is 1. The molecule has 0 amide bonds. The average molecular weight is 336 g/mol. The van der Waals surface area contributed by atoms with Crippen LogP contribution in [0.15, 0.2) is 65.0 Å². The second kappa shape index (κ2) is 6.27. The summed E-state index contributed by atoms with van der Waals surface area (Å²) in [5.74, 6) is 0.703. The molecule has 0 spiro atoms. The highest BCUT2D eigenvalue weighted by atomic mass is 16.5. The van der Waals surface area contributed by atoms with Crippen molar-refractivity contribution in [3.63, 3.8) is 0 Å². The van der Waals surface area contributed by atoms with E-state index in [-0.39, 0.29) is 6.61 Å². The molecule has 2 aromatic heterocycles. The maximum absolute atomic E-state index is 12.8. The smallest absolute Gasteiger partial charge is 0.338 e. The van der Waals surface area contributed by atoms with E-state index in [9.17, 15) is 4.79 Å². The van der Waals surface area contributed by atoms with Crippen molar-refractivity contribution in [1.29, 1.82) is 0 Å². The van der Waals surface area contributed by atoms with Crippen molar-refractivity contribution in [2.24, 2.45) is 0 Å². The number of carbonyl (C=O) groups excluding carboxylic acids is 1. The summed E-state index contributed by atoms with van der Waals surface area (Å²) in [7, 11) is 0. The lowest BCUT2D eigenvalue weighted by Gasteiger charge is -2.28. The van der Waals surface area contributed by atoms with Crippen LogP contribution in [0, 0.1) is 0 Å². The second-order valence-corrected chi connectivity index (χ2v) is 5.45. The van der Waals surface area contributed by atoms with Gasteiger partial charge in [0.1, 0.15) is 18.1 Å². The van der Waals surface area contributed by atoms with Gasteiger partial charge < -0.3 is 14.5 Å². The number of hydrogen-bond donors (Lipinski definition) is 1. The lowest BCUT2D eigenvalue weighted by Crippen LogP contribution is -2.29. The monoisotopic (exact) mass is 336 g/mol. The Morgan fingerprint density at radius 2 is 2.12 bits per heavy atom. The van der Waals surface area contributed by atoms with Crippen LogP contribution in [0.1, 0.15) is 24.3 Å². The number of esters is 1. The van der Waals surface area contributed by atoms with Crippen molar-refractivity contribution in [3.8, 4) is 0 Å². The predicted molar refractivity (Wildman–Crippen MR) is 90.5 cm³/mol. The van der Waals surface area contributed by atoms with Gasteiger partial charge in [0.15, 0.2) is 0 Å². The van der Waals surface area contributed by atoms with Gasteiger partial charge in [-0.1, -0.05) is 30.3 Å². The van der Waals surface area contributed by atoms with E-state index < -0.39 is 12.0 Å². The number of hydrogen-bond acceptors (Lipinski definition) is 6. The van der Waals surface area contributed by atoms with Crippen LogP contribution in [0.25, 0.3) is 5.70 Å². The van der Waals surface area contributed by atoms with Gasteiger partial charge >= 0.3 is 5.97 Å². The van der Waals surface area contributed by atoms with Gasteiger partial charge in [-0.2, -0.15) is 10.1 Å². The van der Waals surface area contributed by atoms with Gasteiger partial charge in [-0.25, -0.2) is 9.48 Å². The van der Waals surface area contributed by atoms with Crippen LogP contribution in [-0.2, 0) is 9.53 Å². The summed E-state index contributed by atoms with van der Waals surface area (Å²) >= 11 is 0. The second-order valence-electron chi connectivity index (χ2n) is 5.45. The Morgan fingerprint density at radius 1 is 1.28 bits per heavy atom. The van der Waals surface area contributed by atoms with E-state index in [1.165, 1.54) is 6.33 Å². The number of ether oxygens (including phenoxy) is 1. The highest BCUT2D eigenvalue weighted by Gasteiger charge is 2.37. The summed E-state index contributed by atoms with van der Waals surface area (Å²) in [6.45, 7) is 2.05. The molecule has 1 aliphatic heterocycles. The first-order valence-corrected chi connectivity index (χ1v) is 7.96. The predicted octanol–water partition coefficient (Wildman–Crippen LogP) is 2.86. The van der Waals surface area contributed by atoms with E-state index in [1.807, 2.05) is 36.4 Å². The van der Waals surface area contributed by atoms with Gasteiger partial charge in [0.2, 0.25) is 5.95 Å². The number of nitrogens with zero attached hydrogens (tertiary/aromatic N) is 3. The van der Waals surface area contributed by atoms with Gasteiger partial charge in [0.25, 0.3) is 0 Å². The first-order chi connectivity index (χ1) is 12.3. The summed E-state index contributed by atoms with van der Waals surface area (Å²) in [5.41, 5.74) is 1.93. The first kappa shape index (κ1) is 15.2. The molecule has 126 valence electrons. The Hall–Kier alpha value is -3.35. The van der Waals surface area contributed by atoms with Crippen LogP contribution in [0.2, 0.25) is 0 Å². The Morgan fingerprint density at radius 3 is 2.84 bits per heavy atom. The van der Waals surface area contributed by atoms with Gasteiger partial charge in [-0.3, -0.25) is 0 Å². The molecule has 7 heteroatoms. The molecule has 4 rings (SSSR count). The van der Waals surface area contributed by atoms with Crippen molar-refractivity contribution in [3.05, 3.63) is 72.0 Å². The summed E-state index contributed by atoms with van der Waals surface area (Å²) in [6.07, 6.45) is 3.01. The number of benzene rings is 1. The highest BCUT2D eigenvalue weighted by Crippen LogP contribution is 2.38. The number of aromatic nitrogens is 3. The van der Waals surface area contributed by atoms with Crippen LogP contribution < -0.4 is 5.32 Å². The zero-order valence-corrected chi connectivity index (χ0v) is 13.5. The molecule has 0 bridgehead atoms. The van der Waals surface area contributed by atoms with Crippen LogP contribution in [-0.4, -0.2) is 27.3 Å². The van der Waals surface area contributed by atoms with E-state index in [0.717, 1.165) is 5.56 Å². The highest BCUT2D eigenvalue weighted by molar-refractivity contribution is 6.02. The number of rotatable bonds is 4. The van der Waals surface area contributed by atoms with Gasteiger partial charge in [0, 0.05) is 0 Å². The molecule has 3 heterocycles. The van der Waals surface area contributed by atoms with Gasteiger partial charge in [-0.15, -0.1) is 0 Å². The largest absolute Gasteiger partial charge is 0.467 e. The number of nitrogens with one attached hydrogen (secondary N) is 1. The maximum atomic E-state index is 12.8. The lowest BCUT2D eigenvalue weighted by atomic mass is 9.96. The summed E-state index contributed by atoms with van der Waals surface area (Å²) in [4.78, 5) is 17.0. The molecule has 0 aliphatic carbocycles. The molecule has 1 aromatic carbocycles. The third-order valence-corrected chi connectivity index (χ3v) is 3.97. The van der Waals surface area contributed by atoms with Crippen molar-refractivity contribution in [2.75, 3.05) is 11.9 Å². The zero-order valence-electron chi connectivity index (χ0n) is 13.5. The van der Waals surface area contributed by atoms with Crippen LogP contribution in [0.4, 0.5) is 5.95 Å². The molecule has 1 atom stereocenters. The molecular weight excluding hydrogens is 320 g/mol. The zero-order chi connectivity index (χ0) is 17.2. The minimum Gasteiger partial charge on any atom is -0.467 e. The fourth-order valence-electron chi connectivity index (χ4n) is 2.93. The molecule has 25 heavy (non-hydrogen) atoms. The van der Waals surface area contributed by atoms with Crippen molar-refractivity contribution in [1.82, 2.24) is 14.8 Å². The molecule has 7 nitrogen and oxygen atoms in total. The van der Waals surface area contributed by atoms with Crippen molar-refractivity contribution < 1.29 is 13.9 Å². The number of furan rings is 1. The van der Waals surface area contributed by atoms with E-state index in [4.69, 9.17) is 9.15 Å². The summed E-state index contributed by atoms with van der Waals surface area (Å²) in [5, 5.41) is 7.46. The minimum absolute atomic E-state index is 0.277. The molecule has 3 aromatic rings. The molecule has 1 aliphatic rings. The average Bonchev–Trinajstić information content (AvgIpc) is 3.32. The molecular formula is C18H16N4O3. The van der Waals surface area contributed by atoms with Crippen LogP contribution >= 0.6 is 0 Å². The Kier molecular flexibility index (Phi) is 3.81. The summed E-state index contributed by atoms with van der Waals surface area (Å²) < 4.78 is 12.5. The van der Waals surface area contributed by atoms with Crippen molar-refractivity contribution >= 4 is 17.6 Å². The Balaban J connectivity index is 1.95. The third-order valence-electron chi connectivity index (χ3n) is 3.97. The summed E-state index contributed by atoms with van der Waals surface area (Å²) in [6, 6.07) is 12.6. The molecule has 1 N–H and O–H groups in total. The van der Waals surface area contributed by atoms with E-state index in [1.54, 1.807) is 23.9 Å². The fraction of sp³-hybridized carbons (Fsp3) is 0.167. The third kappa shape index (κ3) is 2.59. The van der Waals surface area contributed by atoms with E-state index >= 15 is 0 Å². The fourth-order valence-corrected chi connectivity index (χ4v) is 2.93. The standard InChI is InChI=1S/C18H16N4O3/c1-2-24-17(23)14-15(12-7-4-3-5-8-12)21-18-19-11-20-22(18)16(14)13-9-6-10-25-13/h3-11,16H,2H2,1H3,(H,19,20,21)/t16-/m0/s1. The lowest BCUT2D eigenvalue weighted by molar-refractivity contribution is -0.139. The van der Waals surface area contributed by atoms with Gasteiger partial charge in [-0.05, 0) is 24.6 Å². The van der Waals surface area contributed by atoms with E-state index in [0.29, 0.717) is 23.0 Å². The Bertz CT molecular complexity index is 913. The van der Waals surface area contributed by atoms with E-state index in [2.05, 4.69) is 15.4 Å². The number of anilines is 1. The molecule has 0 saturated heterocycles.